The molecule has 0 radical (unpaired) electrons. The fraction of sp³-hybridized carbons (Fsp3) is 0.571. The molecule has 19 heavy (non-hydrogen) atoms. The minimum Gasteiger partial charge on any atom is -0.481 e. The number of carbonyl (C=O) groups excluding carboxylic acids is 1. The predicted molar refractivity (Wildman–Crippen MR) is 70.9 cm³/mol. The number of amides is 1. The van der Waals surface area contributed by atoms with Crippen molar-refractivity contribution in [1.82, 2.24) is 10.3 Å². The summed E-state index contributed by atoms with van der Waals surface area (Å²) in [6, 6.07) is 3.17. The third kappa shape index (κ3) is 3.59. The van der Waals surface area contributed by atoms with Crippen LogP contribution in [0.25, 0.3) is 0 Å². The van der Waals surface area contributed by atoms with Gasteiger partial charge in [-0.05, 0) is 25.0 Å². The zero-order chi connectivity index (χ0) is 13.7. The Morgan fingerprint density at radius 1 is 1.21 bits per heavy atom. The molecule has 1 aromatic rings. The van der Waals surface area contributed by atoms with Crippen LogP contribution in [0.2, 0.25) is 0 Å². The van der Waals surface area contributed by atoms with E-state index in [2.05, 4.69) is 10.3 Å². The predicted octanol–water partition coefficient (Wildman–Crippen LogP) is 2.17. The van der Waals surface area contributed by atoms with Crippen LogP contribution in [0, 0.1) is 5.92 Å². The molecule has 2 atom stereocenters. The molecule has 104 valence electrons. The molecule has 2 rings (SSSR count). The van der Waals surface area contributed by atoms with Crippen molar-refractivity contribution in [2.75, 3.05) is 0 Å². The molecule has 0 saturated heterocycles. The van der Waals surface area contributed by atoms with Crippen LogP contribution in [-0.2, 0) is 4.79 Å². The van der Waals surface area contributed by atoms with Gasteiger partial charge in [-0.15, -0.1) is 0 Å². The van der Waals surface area contributed by atoms with Crippen LogP contribution in [0.4, 0.5) is 0 Å². The number of H-pyrrole nitrogens is 1. The summed E-state index contributed by atoms with van der Waals surface area (Å²) in [5.74, 6) is -1.50. The number of aromatic nitrogens is 1. The average Bonchev–Trinajstić information content (AvgIpc) is 2.85. The van der Waals surface area contributed by atoms with Crippen LogP contribution in [0.15, 0.2) is 18.3 Å². The maximum absolute atomic E-state index is 12.0. The SMILES string of the molecule is O=C(NC1CCCCCCC1C(=O)O)c1ccc[nH]1. The molecule has 0 aromatic carbocycles. The van der Waals surface area contributed by atoms with Crippen LogP contribution >= 0.6 is 0 Å². The highest BCUT2D eigenvalue weighted by Gasteiger charge is 2.30. The Hall–Kier alpha value is -1.78. The van der Waals surface area contributed by atoms with Gasteiger partial charge >= 0.3 is 5.97 Å². The van der Waals surface area contributed by atoms with E-state index in [0.29, 0.717) is 12.1 Å². The zero-order valence-electron chi connectivity index (χ0n) is 10.9. The number of aromatic amines is 1. The molecule has 1 heterocycles. The number of hydrogen-bond donors (Lipinski definition) is 3. The smallest absolute Gasteiger partial charge is 0.308 e. The summed E-state index contributed by atoms with van der Waals surface area (Å²) in [7, 11) is 0. The van der Waals surface area contributed by atoms with Crippen molar-refractivity contribution in [3.05, 3.63) is 24.0 Å². The third-order valence-electron chi connectivity index (χ3n) is 3.74. The van der Waals surface area contributed by atoms with Gasteiger partial charge in [-0.25, -0.2) is 0 Å². The maximum atomic E-state index is 12.0. The number of aliphatic carboxylic acids is 1. The van der Waals surface area contributed by atoms with Crippen LogP contribution in [-0.4, -0.2) is 28.0 Å². The van der Waals surface area contributed by atoms with Crippen molar-refractivity contribution < 1.29 is 14.7 Å². The van der Waals surface area contributed by atoms with E-state index in [1.165, 1.54) is 0 Å². The molecule has 1 aliphatic rings. The van der Waals surface area contributed by atoms with Crippen molar-refractivity contribution >= 4 is 11.9 Å². The van der Waals surface area contributed by atoms with E-state index in [0.717, 1.165) is 32.1 Å². The minimum absolute atomic E-state index is 0.221. The first-order chi connectivity index (χ1) is 9.18. The summed E-state index contributed by atoms with van der Waals surface area (Å²) in [5, 5.41) is 12.2. The van der Waals surface area contributed by atoms with Gasteiger partial charge in [-0.2, -0.15) is 0 Å². The Morgan fingerprint density at radius 3 is 2.58 bits per heavy atom. The normalized spacial score (nSPS) is 24.2. The van der Waals surface area contributed by atoms with Crippen molar-refractivity contribution in [2.24, 2.45) is 5.92 Å². The fourth-order valence-corrected chi connectivity index (χ4v) is 2.67. The molecule has 1 aromatic heterocycles. The number of carbonyl (C=O) groups is 2. The molecule has 1 amide bonds. The molecule has 3 N–H and O–H groups in total. The topological polar surface area (TPSA) is 82.2 Å². The van der Waals surface area contributed by atoms with Crippen LogP contribution in [0.3, 0.4) is 0 Å². The molecule has 0 spiro atoms. The molecular weight excluding hydrogens is 244 g/mol. The van der Waals surface area contributed by atoms with E-state index < -0.39 is 11.9 Å². The highest BCUT2D eigenvalue weighted by atomic mass is 16.4. The van der Waals surface area contributed by atoms with Gasteiger partial charge in [0.05, 0.1) is 5.92 Å². The molecular formula is C14H20N2O3. The van der Waals surface area contributed by atoms with Gasteiger partial charge in [0, 0.05) is 12.2 Å². The van der Waals surface area contributed by atoms with Crippen molar-refractivity contribution in [1.29, 1.82) is 0 Å². The Bertz CT molecular complexity index is 428. The lowest BCUT2D eigenvalue weighted by atomic mass is 9.86. The highest BCUT2D eigenvalue weighted by Crippen LogP contribution is 2.23. The molecule has 1 saturated carbocycles. The van der Waals surface area contributed by atoms with Crippen molar-refractivity contribution in [3.63, 3.8) is 0 Å². The Morgan fingerprint density at radius 2 is 1.95 bits per heavy atom. The summed E-state index contributed by atoms with van der Waals surface area (Å²) < 4.78 is 0. The van der Waals surface area contributed by atoms with Gasteiger partial charge in [0.2, 0.25) is 0 Å². The van der Waals surface area contributed by atoms with Gasteiger partial charge in [-0.3, -0.25) is 9.59 Å². The summed E-state index contributed by atoms with van der Waals surface area (Å²) in [4.78, 5) is 26.2. The molecule has 0 aliphatic heterocycles. The average molecular weight is 264 g/mol. The monoisotopic (exact) mass is 264 g/mol. The molecule has 1 aliphatic carbocycles. The lowest BCUT2D eigenvalue weighted by molar-refractivity contribution is -0.143. The Kier molecular flexibility index (Phi) is 4.60. The maximum Gasteiger partial charge on any atom is 0.308 e. The molecule has 5 nitrogen and oxygen atoms in total. The standard InChI is InChI=1S/C14H20N2O3/c17-13(12-8-5-9-15-12)16-11-7-4-2-1-3-6-10(11)14(18)19/h5,8-11,15H,1-4,6-7H2,(H,16,17)(H,18,19). The number of hydrogen-bond acceptors (Lipinski definition) is 2. The first-order valence-electron chi connectivity index (χ1n) is 6.85. The van der Waals surface area contributed by atoms with E-state index in [-0.39, 0.29) is 11.9 Å². The number of carboxylic acids is 1. The summed E-state index contributed by atoms with van der Waals surface area (Å²) in [6.07, 6.45) is 7.16. The molecule has 2 unspecified atom stereocenters. The summed E-state index contributed by atoms with van der Waals surface area (Å²) >= 11 is 0. The van der Waals surface area contributed by atoms with Crippen LogP contribution < -0.4 is 5.32 Å². The van der Waals surface area contributed by atoms with E-state index in [1.54, 1.807) is 18.3 Å². The Labute approximate surface area is 112 Å². The van der Waals surface area contributed by atoms with Crippen LogP contribution in [0.5, 0.6) is 0 Å². The van der Waals surface area contributed by atoms with Gasteiger partial charge < -0.3 is 15.4 Å². The molecule has 5 heteroatoms. The highest BCUT2D eigenvalue weighted by molar-refractivity contribution is 5.92. The van der Waals surface area contributed by atoms with Crippen molar-refractivity contribution in [2.45, 2.75) is 44.6 Å². The largest absolute Gasteiger partial charge is 0.481 e. The van der Waals surface area contributed by atoms with Crippen molar-refractivity contribution in [3.8, 4) is 0 Å². The van der Waals surface area contributed by atoms with E-state index >= 15 is 0 Å². The van der Waals surface area contributed by atoms with E-state index in [1.807, 2.05) is 0 Å². The molecule has 1 fully saturated rings. The van der Waals surface area contributed by atoms with E-state index in [9.17, 15) is 14.7 Å². The number of rotatable bonds is 3. The summed E-state index contributed by atoms with van der Waals surface area (Å²) in [5.41, 5.74) is 0.478. The number of carboxylic acid groups (broad SMARTS) is 1. The first kappa shape index (κ1) is 13.6. The number of nitrogens with one attached hydrogen (secondary N) is 2. The first-order valence-corrected chi connectivity index (χ1v) is 6.85. The second-order valence-electron chi connectivity index (χ2n) is 5.10. The second kappa shape index (κ2) is 6.41. The quantitative estimate of drug-likeness (QED) is 0.782. The lowest BCUT2D eigenvalue weighted by Crippen LogP contribution is -2.44. The lowest BCUT2D eigenvalue weighted by Gasteiger charge is -2.27. The third-order valence-corrected chi connectivity index (χ3v) is 3.74. The second-order valence-corrected chi connectivity index (χ2v) is 5.10. The van der Waals surface area contributed by atoms with Gasteiger partial charge in [0.15, 0.2) is 0 Å². The Balaban J connectivity index is 2.04. The van der Waals surface area contributed by atoms with E-state index in [4.69, 9.17) is 0 Å². The van der Waals surface area contributed by atoms with Gasteiger partial charge in [0.25, 0.3) is 5.91 Å². The van der Waals surface area contributed by atoms with Gasteiger partial charge in [-0.1, -0.05) is 25.7 Å². The minimum atomic E-state index is -0.807. The van der Waals surface area contributed by atoms with Gasteiger partial charge in [0.1, 0.15) is 5.69 Å². The zero-order valence-corrected chi connectivity index (χ0v) is 10.9. The fourth-order valence-electron chi connectivity index (χ4n) is 2.67. The molecule has 0 bridgehead atoms. The summed E-state index contributed by atoms with van der Waals surface area (Å²) in [6.45, 7) is 0. The van der Waals surface area contributed by atoms with Crippen LogP contribution in [0.1, 0.15) is 49.0 Å².